The Morgan fingerprint density at radius 2 is 2.00 bits per heavy atom. The lowest BCUT2D eigenvalue weighted by Crippen LogP contribution is -2.13. The third-order valence-corrected chi connectivity index (χ3v) is 3.20. The SMILES string of the molecule is Cc1cc(Cl)c(C)c(C(=O)CCCl)c1OC(C)C. The number of hydrogen-bond donors (Lipinski definition) is 0. The molecule has 0 aliphatic heterocycles. The molecule has 2 nitrogen and oxygen atoms in total. The molecule has 0 radical (unpaired) electrons. The molecular weight excluding hydrogens is 271 g/mol. The smallest absolute Gasteiger partial charge is 0.168 e. The molecule has 0 saturated carbocycles. The number of carbonyl (C=O) groups is 1. The van der Waals surface area contributed by atoms with Crippen molar-refractivity contribution >= 4 is 29.0 Å². The Morgan fingerprint density at radius 3 is 2.50 bits per heavy atom. The molecule has 0 spiro atoms. The topological polar surface area (TPSA) is 26.3 Å². The van der Waals surface area contributed by atoms with Crippen LogP contribution < -0.4 is 4.74 Å². The first kappa shape index (κ1) is 15.3. The monoisotopic (exact) mass is 288 g/mol. The molecule has 0 atom stereocenters. The molecule has 4 heteroatoms. The fourth-order valence-corrected chi connectivity index (χ4v) is 2.21. The molecule has 0 aliphatic rings. The van der Waals surface area contributed by atoms with Crippen LogP contribution in [0.15, 0.2) is 6.07 Å². The lowest BCUT2D eigenvalue weighted by Gasteiger charge is -2.19. The number of hydrogen-bond acceptors (Lipinski definition) is 2. The summed E-state index contributed by atoms with van der Waals surface area (Å²) in [5.74, 6) is 0.899. The maximum Gasteiger partial charge on any atom is 0.168 e. The molecule has 0 fully saturated rings. The zero-order valence-corrected chi connectivity index (χ0v) is 12.7. The maximum absolute atomic E-state index is 12.1. The summed E-state index contributed by atoms with van der Waals surface area (Å²) in [6.07, 6.45) is 0.295. The summed E-state index contributed by atoms with van der Waals surface area (Å²) in [7, 11) is 0. The molecule has 0 saturated heterocycles. The van der Waals surface area contributed by atoms with Gasteiger partial charge in [0.05, 0.1) is 11.7 Å². The molecule has 1 rings (SSSR count). The van der Waals surface area contributed by atoms with E-state index < -0.39 is 0 Å². The van der Waals surface area contributed by atoms with Gasteiger partial charge >= 0.3 is 0 Å². The first-order valence-electron chi connectivity index (χ1n) is 5.94. The summed E-state index contributed by atoms with van der Waals surface area (Å²) >= 11 is 11.8. The van der Waals surface area contributed by atoms with Crippen molar-refractivity contribution < 1.29 is 9.53 Å². The van der Waals surface area contributed by atoms with Gasteiger partial charge in [-0.05, 0) is 44.9 Å². The lowest BCUT2D eigenvalue weighted by molar-refractivity contribution is 0.0982. The maximum atomic E-state index is 12.1. The Hall–Kier alpha value is -0.730. The van der Waals surface area contributed by atoms with Crippen molar-refractivity contribution in [1.82, 2.24) is 0 Å². The largest absolute Gasteiger partial charge is 0.490 e. The summed E-state index contributed by atoms with van der Waals surface area (Å²) in [5.41, 5.74) is 2.19. The molecule has 0 bridgehead atoms. The quantitative estimate of drug-likeness (QED) is 0.587. The van der Waals surface area contributed by atoms with Gasteiger partial charge in [0.15, 0.2) is 5.78 Å². The van der Waals surface area contributed by atoms with E-state index in [1.807, 2.05) is 33.8 Å². The summed E-state index contributed by atoms with van der Waals surface area (Å²) in [5, 5.41) is 0.585. The second kappa shape index (κ2) is 6.44. The third kappa shape index (κ3) is 3.39. The number of halogens is 2. The number of carbonyl (C=O) groups excluding carboxylic acids is 1. The molecular formula is C14H18Cl2O2. The third-order valence-electron chi connectivity index (χ3n) is 2.62. The van der Waals surface area contributed by atoms with Gasteiger partial charge in [-0.2, -0.15) is 0 Å². The summed E-state index contributed by atoms with van der Waals surface area (Å²) < 4.78 is 5.76. The average molecular weight is 289 g/mol. The van der Waals surface area contributed by atoms with Crippen molar-refractivity contribution in [2.45, 2.75) is 40.2 Å². The minimum absolute atomic E-state index is 0.00632. The van der Waals surface area contributed by atoms with Crippen molar-refractivity contribution in [1.29, 1.82) is 0 Å². The minimum Gasteiger partial charge on any atom is -0.490 e. The number of Topliss-reactive ketones (excluding diaryl/α,β-unsaturated/α-hetero) is 1. The molecule has 1 aromatic carbocycles. The van der Waals surface area contributed by atoms with E-state index in [-0.39, 0.29) is 18.3 Å². The van der Waals surface area contributed by atoms with Crippen molar-refractivity contribution in [2.75, 3.05) is 5.88 Å². The lowest BCUT2D eigenvalue weighted by atomic mass is 9.98. The Bertz CT molecular complexity index is 454. The number of alkyl halides is 1. The standard InChI is InChI=1S/C14H18Cl2O2/c1-8(2)18-14-9(3)7-11(16)10(4)13(14)12(17)5-6-15/h7-8H,5-6H2,1-4H3. The van der Waals surface area contributed by atoms with Crippen LogP contribution in [0.5, 0.6) is 5.75 Å². The fourth-order valence-electron chi connectivity index (χ4n) is 1.78. The van der Waals surface area contributed by atoms with E-state index in [9.17, 15) is 4.79 Å². The van der Waals surface area contributed by atoms with E-state index in [1.54, 1.807) is 0 Å². The Morgan fingerprint density at radius 1 is 1.39 bits per heavy atom. The molecule has 0 N–H and O–H groups in total. The van der Waals surface area contributed by atoms with E-state index >= 15 is 0 Å². The van der Waals surface area contributed by atoms with Gasteiger partial charge in [0.1, 0.15) is 5.75 Å². The fraction of sp³-hybridized carbons (Fsp3) is 0.500. The minimum atomic E-state index is -0.0243. The van der Waals surface area contributed by atoms with Gasteiger partial charge < -0.3 is 4.74 Å². The number of aryl methyl sites for hydroxylation is 1. The summed E-state index contributed by atoms with van der Waals surface area (Å²) in [6, 6.07) is 1.83. The van der Waals surface area contributed by atoms with Crippen molar-refractivity contribution in [3.05, 3.63) is 27.8 Å². The molecule has 0 heterocycles. The van der Waals surface area contributed by atoms with Crippen LogP contribution in [0.4, 0.5) is 0 Å². The van der Waals surface area contributed by atoms with E-state index in [0.717, 1.165) is 11.1 Å². The van der Waals surface area contributed by atoms with Crippen LogP contribution in [0, 0.1) is 13.8 Å². The van der Waals surface area contributed by atoms with Gasteiger partial charge in [-0.3, -0.25) is 4.79 Å². The molecule has 0 amide bonds. The van der Waals surface area contributed by atoms with E-state index in [1.165, 1.54) is 0 Å². The first-order chi connectivity index (χ1) is 8.38. The number of benzene rings is 1. The predicted molar refractivity (Wildman–Crippen MR) is 76.4 cm³/mol. The highest BCUT2D eigenvalue weighted by Gasteiger charge is 2.20. The van der Waals surface area contributed by atoms with Crippen molar-refractivity contribution in [2.24, 2.45) is 0 Å². The van der Waals surface area contributed by atoms with Crippen LogP contribution in [0.3, 0.4) is 0 Å². The van der Waals surface area contributed by atoms with Gasteiger partial charge in [-0.15, -0.1) is 11.6 Å². The summed E-state index contributed by atoms with van der Waals surface area (Å²) in [6.45, 7) is 7.58. The number of rotatable bonds is 5. The van der Waals surface area contributed by atoms with Crippen LogP contribution >= 0.6 is 23.2 Å². The van der Waals surface area contributed by atoms with Crippen molar-refractivity contribution in [3.63, 3.8) is 0 Å². The highest BCUT2D eigenvalue weighted by molar-refractivity contribution is 6.32. The normalized spacial score (nSPS) is 10.8. The predicted octanol–water partition coefficient (Wildman–Crippen LogP) is 4.56. The zero-order chi connectivity index (χ0) is 13.9. The second-order valence-corrected chi connectivity index (χ2v) is 5.32. The van der Waals surface area contributed by atoms with Gasteiger partial charge in [0.25, 0.3) is 0 Å². The van der Waals surface area contributed by atoms with Gasteiger partial charge in [0, 0.05) is 17.3 Å². The van der Waals surface area contributed by atoms with E-state index in [4.69, 9.17) is 27.9 Å². The molecule has 18 heavy (non-hydrogen) atoms. The highest BCUT2D eigenvalue weighted by Crippen LogP contribution is 2.33. The first-order valence-corrected chi connectivity index (χ1v) is 6.85. The van der Waals surface area contributed by atoms with E-state index in [2.05, 4.69) is 0 Å². The molecule has 1 aromatic rings. The Kier molecular flexibility index (Phi) is 5.48. The van der Waals surface area contributed by atoms with Crippen LogP contribution in [0.2, 0.25) is 5.02 Å². The van der Waals surface area contributed by atoms with Gasteiger partial charge in [-0.25, -0.2) is 0 Å². The highest BCUT2D eigenvalue weighted by atomic mass is 35.5. The van der Waals surface area contributed by atoms with Crippen molar-refractivity contribution in [3.8, 4) is 5.75 Å². The van der Waals surface area contributed by atoms with Crippen LogP contribution in [-0.4, -0.2) is 17.8 Å². The number of ketones is 1. The Balaban J connectivity index is 3.37. The molecule has 0 aromatic heterocycles. The Labute approximate surface area is 118 Å². The molecule has 100 valence electrons. The number of ether oxygens (including phenoxy) is 1. The van der Waals surface area contributed by atoms with Crippen LogP contribution in [0.1, 0.15) is 41.8 Å². The summed E-state index contributed by atoms with van der Waals surface area (Å²) in [4.78, 5) is 12.1. The zero-order valence-electron chi connectivity index (χ0n) is 11.1. The van der Waals surface area contributed by atoms with E-state index in [0.29, 0.717) is 22.2 Å². The van der Waals surface area contributed by atoms with Gasteiger partial charge in [-0.1, -0.05) is 11.6 Å². The van der Waals surface area contributed by atoms with Crippen LogP contribution in [0.25, 0.3) is 0 Å². The molecule has 0 unspecified atom stereocenters. The van der Waals surface area contributed by atoms with Crippen LogP contribution in [-0.2, 0) is 0 Å². The average Bonchev–Trinajstić information content (AvgIpc) is 2.25. The molecule has 0 aliphatic carbocycles. The second-order valence-electron chi connectivity index (χ2n) is 4.53. The van der Waals surface area contributed by atoms with Gasteiger partial charge in [0.2, 0.25) is 0 Å².